The van der Waals surface area contributed by atoms with Gasteiger partial charge in [0.25, 0.3) is 0 Å². The number of carbonyl (C=O) groups is 1. The van der Waals surface area contributed by atoms with Crippen molar-refractivity contribution in [3.05, 3.63) is 11.5 Å². The summed E-state index contributed by atoms with van der Waals surface area (Å²) < 4.78 is 4.84. The highest BCUT2D eigenvalue weighted by Gasteiger charge is 2.42. The molecule has 1 heterocycles. The topological polar surface area (TPSA) is 119 Å². The van der Waals surface area contributed by atoms with Crippen LogP contribution in [0, 0.1) is 0 Å². The normalized spacial score (nSPS) is 31.5. The molecule has 0 aliphatic carbocycles. The average Bonchev–Trinajstić information content (AvgIpc) is 2.14. The number of hydrogen-bond donors (Lipinski definition) is 5. The first-order chi connectivity index (χ1) is 6.90. The second-order valence-electron chi connectivity index (χ2n) is 3.26. The molecule has 0 spiro atoms. The van der Waals surface area contributed by atoms with Gasteiger partial charge in [0, 0.05) is 6.92 Å². The molecule has 0 saturated heterocycles. The van der Waals surface area contributed by atoms with Gasteiger partial charge in [0.05, 0.1) is 6.61 Å². The molecule has 0 aromatic carbocycles. The Morgan fingerprint density at radius 2 is 2.27 bits per heavy atom. The first-order valence-electron chi connectivity index (χ1n) is 4.27. The summed E-state index contributed by atoms with van der Waals surface area (Å²) in [7, 11) is 0. The lowest BCUT2D eigenvalue weighted by atomic mass is 10.1. The third-order valence-electron chi connectivity index (χ3n) is 1.98. The third kappa shape index (κ3) is 2.20. The number of amides is 1. The van der Waals surface area contributed by atoms with Crippen molar-refractivity contribution in [2.24, 2.45) is 0 Å². The molecule has 0 radical (unpaired) electrons. The largest absolute Gasteiger partial charge is 0.506 e. The van der Waals surface area contributed by atoms with E-state index in [9.17, 15) is 20.1 Å². The van der Waals surface area contributed by atoms with E-state index in [1.54, 1.807) is 0 Å². The summed E-state index contributed by atoms with van der Waals surface area (Å²) in [5, 5.41) is 39.2. The van der Waals surface area contributed by atoms with Crippen LogP contribution in [0.4, 0.5) is 0 Å². The number of ether oxygens (including phenoxy) is 1. The van der Waals surface area contributed by atoms with E-state index in [1.807, 2.05) is 5.32 Å². The lowest BCUT2D eigenvalue weighted by Gasteiger charge is -2.34. The fraction of sp³-hybridized carbons (Fsp3) is 0.625. The summed E-state index contributed by atoms with van der Waals surface area (Å²) in [5.74, 6) is -2.11. The fourth-order valence-electron chi connectivity index (χ4n) is 1.26. The van der Waals surface area contributed by atoms with Crippen LogP contribution in [-0.4, -0.2) is 51.4 Å². The van der Waals surface area contributed by atoms with Crippen molar-refractivity contribution in [2.45, 2.75) is 18.8 Å². The molecular weight excluding hydrogens is 206 g/mol. The van der Waals surface area contributed by atoms with E-state index in [2.05, 4.69) is 0 Å². The van der Waals surface area contributed by atoms with Gasteiger partial charge in [-0.05, 0) is 0 Å². The standard InChI is InChI=1S/C8H13NO6/c1-4(11)9-8(14)3-15-5(2-10)6(12)7(8)13/h5,10,12-14H,2-3H2,1H3,(H,9,11)/t5-,8-/m1/s1. The molecule has 0 aromatic rings. The van der Waals surface area contributed by atoms with Crippen LogP contribution in [0.2, 0.25) is 0 Å². The zero-order chi connectivity index (χ0) is 11.6. The second-order valence-corrected chi connectivity index (χ2v) is 3.26. The van der Waals surface area contributed by atoms with Crippen LogP contribution in [0.15, 0.2) is 11.5 Å². The SMILES string of the molecule is CC(=O)N[C@@]1(O)CO[C@H](CO)C(O)=C1O. The first-order valence-corrected chi connectivity index (χ1v) is 4.27. The maximum atomic E-state index is 10.7. The van der Waals surface area contributed by atoms with Crippen molar-refractivity contribution in [1.82, 2.24) is 5.32 Å². The van der Waals surface area contributed by atoms with Crippen molar-refractivity contribution in [3.8, 4) is 0 Å². The molecular formula is C8H13NO6. The highest BCUT2D eigenvalue weighted by Crippen LogP contribution is 2.24. The van der Waals surface area contributed by atoms with Gasteiger partial charge in [0.1, 0.15) is 12.7 Å². The predicted octanol–water partition coefficient (Wildman–Crippen LogP) is -1.47. The van der Waals surface area contributed by atoms with Crippen LogP contribution < -0.4 is 5.32 Å². The monoisotopic (exact) mass is 219 g/mol. The Morgan fingerprint density at radius 1 is 1.67 bits per heavy atom. The summed E-state index contributed by atoms with van der Waals surface area (Å²) >= 11 is 0. The summed E-state index contributed by atoms with van der Waals surface area (Å²) in [6, 6.07) is 0. The summed E-state index contributed by atoms with van der Waals surface area (Å²) in [6.07, 6.45) is -1.08. The van der Waals surface area contributed by atoms with Gasteiger partial charge in [-0.3, -0.25) is 4.79 Å². The van der Waals surface area contributed by atoms with Gasteiger partial charge in [-0.25, -0.2) is 0 Å². The number of aliphatic hydroxyl groups is 4. The molecule has 0 fully saturated rings. The Bertz CT molecular complexity index is 302. The molecule has 0 bridgehead atoms. The van der Waals surface area contributed by atoms with Crippen LogP contribution in [0.5, 0.6) is 0 Å². The predicted molar refractivity (Wildman–Crippen MR) is 47.9 cm³/mol. The van der Waals surface area contributed by atoms with Crippen LogP contribution >= 0.6 is 0 Å². The fourth-order valence-corrected chi connectivity index (χ4v) is 1.26. The van der Waals surface area contributed by atoms with Gasteiger partial charge < -0.3 is 30.5 Å². The minimum absolute atomic E-state index is 0.451. The number of aliphatic hydroxyl groups excluding tert-OH is 3. The maximum Gasteiger partial charge on any atom is 0.224 e. The number of hydrogen-bond acceptors (Lipinski definition) is 6. The van der Waals surface area contributed by atoms with Gasteiger partial charge in [0.2, 0.25) is 11.6 Å². The van der Waals surface area contributed by atoms with Gasteiger partial charge in [0.15, 0.2) is 11.5 Å². The van der Waals surface area contributed by atoms with Gasteiger partial charge in [-0.2, -0.15) is 0 Å². The van der Waals surface area contributed by atoms with E-state index in [0.29, 0.717) is 0 Å². The van der Waals surface area contributed by atoms with E-state index in [1.165, 1.54) is 0 Å². The molecule has 7 nitrogen and oxygen atoms in total. The van der Waals surface area contributed by atoms with Crippen molar-refractivity contribution in [3.63, 3.8) is 0 Å². The zero-order valence-electron chi connectivity index (χ0n) is 8.10. The second kappa shape index (κ2) is 4.05. The highest BCUT2D eigenvalue weighted by atomic mass is 16.5. The first kappa shape index (κ1) is 11.8. The number of nitrogens with one attached hydrogen (secondary N) is 1. The van der Waals surface area contributed by atoms with E-state index < -0.39 is 42.5 Å². The molecule has 1 aliphatic heterocycles. The van der Waals surface area contributed by atoms with Crippen molar-refractivity contribution >= 4 is 5.91 Å². The maximum absolute atomic E-state index is 10.7. The molecule has 15 heavy (non-hydrogen) atoms. The highest BCUT2D eigenvalue weighted by molar-refractivity contribution is 5.74. The van der Waals surface area contributed by atoms with Gasteiger partial charge in [-0.15, -0.1) is 0 Å². The molecule has 5 N–H and O–H groups in total. The van der Waals surface area contributed by atoms with E-state index in [4.69, 9.17) is 9.84 Å². The molecule has 7 heteroatoms. The molecule has 0 aromatic heterocycles. The molecule has 1 aliphatic rings. The van der Waals surface area contributed by atoms with Crippen LogP contribution in [0.1, 0.15) is 6.92 Å². The summed E-state index contributed by atoms with van der Waals surface area (Å²) in [5.41, 5.74) is -2.14. The number of carbonyl (C=O) groups excluding carboxylic acids is 1. The van der Waals surface area contributed by atoms with Crippen molar-refractivity contribution < 1.29 is 30.0 Å². The van der Waals surface area contributed by atoms with Gasteiger partial charge >= 0.3 is 0 Å². The molecule has 0 unspecified atom stereocenters. The van der Waals surface area contributed by atoms with Crippen LogP contribution in [-0.2, 0) is 9.53 Å². The molecule has 2 atom stereocenters. The van der Waals surface area contributed by atoms with Crippen LogP contribution in [0.25, 0.3) is 0 Å². The minimum Gasteiger partial charge on any atom is -0.506 e. The van der Waals surface area contributed by atoms with E-state index in [0.717, 1.165) is 6.92 Å². The Morgan fingerprint density at radius 3 is 2.73 bits per heavy atom. The van der Waals surface area contributed by atoms with E-state index >= 15 is 0 Å². The van der Waals surface area contributed by atoms with Crippen molar-refractivity contribution in [1.29, 1.82) is 0 Å². The average molecular weight is 219 g/mol. The Balaban J connectivity index is 2.95. The van der Waals surface area contributed by atoms with E-state index in [-0.39, 0.29) is 0 Å². The lowest BCUT2D eigenvalue weighted by molar-refractivity contribution is -0.144. The third-order valence-corrected chi connectivity index (χ3v) is 1.98. The summed E-state index contributed by atoms with van der Waals surface area (Å²) in [4.78, 5) is 10.7. The number of rotatable bonds is 2. The Labute approximate surface area is 85.6 Å². The van der Waals surface area contributed by atoms with Crippen LogP contribution in [0.3, 0.4) is 0 Å². The molecule has 1 amide bonds. The molecule has 86 valence electrons. The molecule has 0 saturated carbocycles. The molecule has 1 rings (SSSR count). The summed E-state index contributed by atoms with van der Waals surface area (Å²) in [6.45, 7) is 0.153. The smallest absolute Gasteiger partial charge is 0.224 e. The Hall–Kier alpha value is -1.31. The lowest BCUT2D eigenvalue weighted by Crippen LogP contribution is -2.57. The zero-order valence-corrected chi connectivity index (χ0v) is 8.10. The quantitative estimate of drug-likeness (QED) is 0.362. The Kier molecular flexibility index (Phi) is 3.18. The van der Waals surface area contributed by atoms with Crippen molar-refractivity contribution in [2.75, 3.05) is 13.2 Å². The minimum atomic E-state index is -2.14. The van der Waals surface area contributed by atoms with Gasteiger partial charge in [-0.1, -0.05) is 0 Å².